The minimum absolute atomic E-state index is 0.233. The number of hydrogen-bond donors (Lipinski definition) is 0. The standard InChI is InChI=1S/C15H21N3O2S2/c1-12-5-6-18(7-9-22(12,19)20)11-13-10-17(2)16-15(13)14-4-3-8-21-14/h3-4,8,10,12H,5-7,9,11H2,1-2H3. The number of thiophene rings is 1. The van der Waals surface area contributed by atoms with Gasteiger partial charge in [0.25, 0.3) is 0 Å². The zero-order chi connectivity index (χ0) is 15.7. The molecule has 0 saturated carbocycles. The molecular weight excluding hydrogens is 318 g/mol. The maximum absolute atomic E-state index is 12.0. The molecule has 0 aromatic carbocycles. The molecule has 1 unspecified atom stereocenters. The van der Waals surface area contributed by atoms with Gasteiger partial charge < -0.3 is 0 Å². The third kappa shape index (κ3) is 3.26. The van der Waals surface area contributed by atoms with Crippen LogP contribution >= 0.6 is 11.3 Å². The molecule has 5 nitrogen and oxygen atoms in total. The van der Waals surface area contributed by atoms with Crippen LogP contribution in [0.5, 0.6) is 0 Å². The van der Waals surface area contributed by atoms with Crippen molar-refractivity contribution < 1.29 is 8.42 Å². The van der Waals surface area contributed by atoms with Crippen LogP contribution in [-0.4, -0.2) is 47.2 Å². The molecule has 0 radical (unpaired) electrons. The molecule has 1 aliphatic rings. The monoisotopic (exact) mass is 339 g/mol. The molecule has 7 heteroatoms. The van der Waals surface area contributed by atoms with Crippen LogP contribution in [0.15, 0.2) is 23.7 Å². The number of hydrogen-bond acceptors (Lipinski definition) is 5. The molecule has 0 spiro atoms. The van der Waals surface area contributed by atoms with Crippen LogP contribution in [0, 0.1) is 0 Å². The Hall–Kier alpha value is -1.18. The average molecular weight is 339 g/mol. The maximum atomic E-state index is 12.0. The van der Waals surface area contributed by atoms with Crippen molar-refractivity contribution in [2.45, 2.75) is 25.1 Å². The third-order valence-electron chi connectivity index (χ3n) is 4.21. The summed E-state index contributed by atoms with van der Waals surface area (Å²) in [6.07, 6.45) is 2.74. The highest BCUT2D eigenvalue weighted by atomic mass is 32.2. The molecular formula is C15H21N3O2S2. The Bertz CT molecular complexity index is 735. The van der Waals surface area contributed by atoms with E-state index in [0.29, 0.717) is 13.0 Å². The van der Waals surface area contributed by atoms with Crippen molar-refractivity contribution in [3.05, 3.63) is 29.3 Å². The summed E-state index contributed by atoms with van der Waals surface area (Å²) in [5.74, 6) is 0.253. The first-order chi connectivity index (χ1) is 10.5. The molecule has 3 rings (SSSR count). The Morgan fingerprint density at radius 1 is 1.41 bits per heavy atom. The van der Waals surface area contributed by atoms with Crippen LogP contribution < -0.4 is 0 Å². The summed E-state index contributed by atoms with van der Waals surface area (Å²) in [5, 5.41) is 6.38. The van der Waals surface area contributed by atoms with E-state index in [0.717, 1.165) is 29.2 Å². The van der Waals surface area contributed by atoms with E-state index in [1.165, 1.54) is 0 Å². The second-order valence-corrected chi connectivity index (χ2v) is 9.38. The summed E-state index contributed by atoms with van der Waals surface area (Å²) >= 11 is 1.68. The van der Waals surface area contributed by atoms with Crippen molar-refractivity contribution in [3.63, 3.8) is 0 Å². The average Bonchev–Trinajstić information content (AvgIpc) is 3.07. The second-order valence-electron chi connectivity index (χ2n) is 5.90. The van der Waals surface area contributed by atoms with Gasteiger partial charge in [0.2, 0.25) is 0 Å². The van der Waals surface area contributed by atoms with Gasteiger partial charge >= 0.3 is 0 Å². The highest BCUT2D eigenvalue weighted by Crippen LogP contribution is 2.27. The quantitative estimate of drug-likeness (QED) is 0.860. The van der Waals surface area contributed by atoms with Crippen molar-refractivity contribution in [1.29, 1.82) is 0 Å². The summed E-state index contributed by atoms with van der Waals surface area (Å²) in [6.45, 7) is 3.99. The van der Waals surface area contributed by atoms with Crippen LogP contribution in [0.1, 0.15) is 18.9 Å². The highest BCUT2D eigenvalue weighted by molar-refractivity contribution is 7.92. The summed E-state index contributed by atoms with van der Waals surface area (Å²) in [7, 11) is -1.01. The van der Waals surface area contributed by atoms with E-state index < -0.39 is 9.84 Å². The largest absolute Gasteiger partial charge is 0.298 e. The summed E-state index contributed by atoms with van der Waals surface area (Å²) in [5.41, 5.74) is 2.18. The Morgan fingerprint density at radius 3 is 2.95 bits per heavy atom. The molecule has 3 heterocycles. The van der Waals surface area contributed by atoms with E-state index in [2.05, 4.69) is 16.1 Å². The summed E-state index contributed by atoms with van der Waals surface area (Å²) < 4.78 is 25.9. The molecule has 1 fully saturated rings. The lowest BCUT2D eigenvalue weighted by atomic mass is 10.2. The first-order valence-electron chi connectivity index (χ1n) is 7.46. The lowest BCUT2D eigenvalue weighted by Crippen LogP contribution is -2.26. The van der Waals surface area contributed by atoms with Gasteiger partial charge in [-0.25, -0.2) is 8.42 Å². The number of nitrogens with zero attached hydrogens (tertiary/aromatic N) is 3. The molecule has 1 atom stereocenters. The SMILES string of the molecule is CC1CCN(Cc2cn(C)nc2-c2cccs2)CCS1(=O)=O. The van der Waals surface area contributed by atoms with Gasteiger partial charge in [-0.15, -0.1) is 11.3 Å². The normalized spacial score (nSPS) is 22.5. The van der Waals surface area contributed by atoms with Crippen molar-refractivity contribution in [2.24, 2.45) is 7.05 Å². The van der Waals surface area contributed by atoms with Crippen LogP contribution in [0.25, 0.3) is 10.6 Å². The molecule has 1 saturated heterocycles. The zero-order valence-corrected chi connectivity index (χ0v) is 14.5. The van der Waals surface area contributed by atoms with Crippen LogP contribution in [0.3, 0.4) is 0 Å². The topological polar surface area (TPSA) is 55.2 Å². The molecule has 0 N–H and O–H groups in total. The van der Waals surface area contributed by atoms with E-state index in [1.807, 2.05) is 36.3 Å². The van der Waals surface area contributed by atoms with Crippen molar-refractivity contribution in [3.8, 4) is 10.6 Å². The van der Waals surface area contributed by atoms with E-state index >= 15 is 0 Å². The molecule has 2 aromatic heterocycles. The Balaban J connectivity index is 1.79. The smallest absolute Gasteiger partial charge is 0.154 e. The predicted molar refractivity (Wildman–Crippen MR) is 89.7 cm³/mol. The lowest BCUT2D eigenvalue weighted by Gasteiger charge is -2.18. The summed E-state index contributed by atoms with van der Waals surface area (Å²) in [4.78, 5) is 3.39. The number of aryl methyl sites for hydroxylation is 1. The van der Waals surface area contributed by atoms with Gasteiger partial charge in [0, 0.05) is 31.9 Å². The fraction of sp³-hybridized carbons (Fsp3) is 0.533. The van der Waals surface area contributed by atoms with Crippen molar-refractivity contribution in [1.82, 2.24) is 14.7 Å². The van der Waals surface area contributed by atoms with Gasteiger partial charge in [-0.3, -0.25) is 9.58 Å². The first-order valence-corrected chi connectivity index (χ1v) is 10.1. The van der Waals surface area contributed by atoms with E-state index in [4.69, 9.17) is 0 Å². The molecule has 1 aliphatic heterocycles. The van der Waals surface area contributed by atoms with Gasteiger partial charge in [-0.2, -0.15) is 5.10 Å². The van der Waals surface area contributed by atoms with Gasteiger partial charge in [-0.05, 0) is 31.3 Å². The highest BCUT2D eigenvalue weighted by Gasteiger charge is 2.27. The van der Waals surface area contributed by atoms with E-state index in [9.17, 15) is 8.42 Å². The lowest BCUT2D eigenvalue weighted by molar-refractivity contribution is 0.284. The fourth-order valence-electron chi connectivity index (χ4n) is 2.79. The van der Waals surface area contributed by atoms with Crippen LogP contribution in [0.4, 0.5) is 0 Å². The third-order valence-corrected chi connectivity index (χ3v) is 7.30. The molecule has 0 amide bonds. The first kappa shape index (κ1) is 15.7. The van der Waals surface area contributed by atoms with Crippen LogP contribution in [0.2, 0.25) is 0 Å². The Labute approximate surface area is 135 Å². The zero-order valence-electron chi connectivity index (χ0n) is 12.9. The molecule has 0 aliphatic carbocycles. The van der Waals surface area contributed by atoms with Gasteiger partial charge in [0.05, 0.1) is 15.9 Å². The number of sulfone groups is 1. The molecule has 120 valence electrons. The van der Waals surface area contributed by atoms with Crippen LogP contribution in [-0.2, 0) is 23.4 Å². The molecule has 0 bridgehead atoms. The second kappa shape index (κ2) is 6.14. The van der Waals surface area contributed by atoms with E-state index in [1.54, 1.807) is 11.3 Å². The van der Waals surface area contributed by atoms with Gasteiger partial charge in [0.1, 0.15) is 5.69 Å². The van der Waals surface area contributed by atoms with Crippen molar-refractivity contribution in [2.75, 3.05) is 18.8 Å². The van der Waals surface area contributed by atoms with Gasteiger partial charge in [0.15, 0.2) is 9.84 Å². The van der Waals surface area contributed by atoms with Gasteiger partial charge in [-0.1, -0.05) is 6.07 Å². The maximum Gasteiger partial charge on any atom is 0.154 e. The Kier molecular flexibility index (Phi) is 4.38. The number of rotatable bonds is 3. The predicted octanol–water partition coefficient (Wildman–Crippen LogP) is 2.16. The van der Waals surface area contributed by atoms with E-state index in [-0.39, 0.29) is 11.0 Å². The molecule has 2 aromatic rings. The Morgan fingerprint density at radius 2 is 2.23 bits per heavy atom. The molecule has 22 heavy (non-hydrogen) atoms. The number of aromatic nitrogens is 2. The van der Waals surface area contributed by atoms with Crippen molar-refractivity contribution >= 4 is 21.2 Å². The fourth-order valence-corrected chi connectivity index (χ4v) is 4.91. The minimum atomic E-state index is -2.93. The summed E-state index contributed by atoms with van der Waals surface area (Å²) in [6, 6.07) is 4.10. The minimum Gasteiger partial charge on any atom is -0.298 e.